The molecule has 4 heteroatoms. The monoisotopic (exact) mass is 342 g/mol. The molecule has 3 rings (SSSR count). The summed E-state index contributed by atoms with van der Waals surface area (Å²) in [4.78, 5) is 15.7. The van der Waals surface area contributed by atoms with E-state index < -0.39 is 0 Å². The third kappa shape index (κ3) is 4.25. The van der Waals surface area contributed by atoms with Crippen LogP contribution in [0.1, 0.15) is 15.9 Å². The summed E-state index contributed by atoms with van der Waals surface area (Å²) >= 11 is 0. The normalized spacial score (nSPS) is 11.2. The molecule has 2 aromatic carbocycles. The maximum atomic E-state index is 12.4. The van der Waals surface area contributed by atoms with Crippen LogP contribution in [0.25, 0.3) is 10.9 Å². The van der Waals surface area contributed by atoms with Gasteiger partial charge in [0.1, 0.15) is 6.54 Å². The SMILES string of the molecule is C[N+](C)(CCc1c[nH]c2ccccc12)CC(=O)c1ccccc1.[Cl-]. The topological polar surface area (TPSA) is 32.9 Å². The third-order valence-corrected chi connectivity index (χ3v) is 4.33. The van der Waals surface area contributed by atoms with Gasteiger partial charge in [-0.3, -0.25) is 4.79 Å². The highest BCUT2D eigenvalue weighted by molar-refractivity contribution is 5.96. The molecule has 0 bridgehead atoms. The van der Waals surface area contributed by atoms with Crippen molar-refractivity contribution in [3.05, 3.63) is 71.9 Å². The second-order valence-electron chi connectivity index (χ2n) is 6.72. The van der Waals surface area contributed by atoms with Crippen molar-refractivity contribution in [1.29, 1.82) is 0 Å². The van der Waals surface area contributed by atoms with Crippen molar-refractivity contribution in [2.45, 2.75) is 6.42 Å². The molecular formula is C20H23ClN2O. The first-order valence-electron chi connectivity index (χ1n) is 8.00. The number of benzene rings is 2. The first-order valence-corrected chi connectivity index (χ1v) is 8.00. The Labute approximate surface area is 149 Å². The zero-order valence-electron chi connectivity index (χ0n) is 14.1. The fourth-order valence-electron chi connectivity index (χ4n) is 2.94. The van der Waals surface area contributed by atoms with Gasteiger partial charge in [0.2, 0.25) is 5.78 Å². The molecule has 1 aromatic heterocycles. The van der Waals surface area contributed by atoms with Crippen LogP contribution in [-0.4, -0.2) is 42.4 Å². The number of nitrogens with zero attached hydrogens (tertiary/aromatic N) is 1. The van der Waals surface area contributed by atoms with Crippen LogP contribution in [0.15, 0.2) is 60.8 Å². The van der Waals surface area contributed by atoms with Crippen molar-refractivity contribution in [2.24, 2.45) is 0 Å². The van der Waals surface area contributed by atoms with Crippen molar-refractivity contribution >= 4 is 16.7 Å². The highest BCUT2D eigenvalue weighted by Gasteiger charge is 2.21. The van der Waals surface area contributed by atoms with Crippen molar-refractivity contribution in [3.63, 3.8) is 0 Å². The number of quaternary nitrogens is 1. The maximum Gasteiger partial charge on any atom is 0.216 e. The van der Waals surface area contributed by atoms with E-state index in [1.807, 2.05) is 36.4 Å². The van der Waals surface area contributed by atoms with Crippen LogP contribution in [0.4, 0.5) is 0 Å². The Hall–Kier alpha value is -2.10. The molecule has 1 heterocycles. The first-order chi connectivity index (χ1) is 11.1. The number of para-hydroxylation sites is 1. The number of fused-ring (bicyclic) bond motifs is 1. The Kier molecular flexibility index (Phi) is 5.81. The van der Waals surface area contributed by atoms with Gasteiger partial charge < -0.3 is 21.9 Å². The highest BCUT2D eigenvalue weighted by atomic mass is 35.5. The average molecular weight is 343 g/mol. The summed E-state index contributed by atoms with van der Waals surface area (Å²) in [6.45, 7) is 1.45. The number of likely N-dealkylation sites (N-methyl/N-ethyl adjacent to an activating group) is 1. The minimum Gasteiger partial charge on any atom is -1.00 e. The van der Waals surface area contributed by atoms with Gasteiger partial charge in [-0.1, -0.05) is 48.5 Å². The quantitative estimate of drug-likeness (QED) is 0.518. The molecule has 0 aliphatic rings. The van der Waals surface area contributed by atoms with E-state index in [-0.39, 0.29) is 18.2 Å². The van der Waals surface area contributed by atoms with Crippen LogP contribution in [0.2, 0.25) is 0 Å². The number of hydrogen-bond acceptors (Lipinski definition) is 1. The summed E-state index contributed by atoms with van der Waals surface area (Å²) in [5.74, 6) is 0.203. The van der Waals surface area contributed by atoms with Gasteiger partial charge in [0, 0.05) is 29.1 Å². The largest absolute Gasteiger partial charge is 1.00 e. The lowest BCUT2D eigenvalue weighted by Crippen LogP contribution is -3.00. The molecule has 0 atom stereocenters. The zero-order chi connectivity index (χ0) is 16.3. The summed E-state index contributed by atoms with van der Waals surface area (Å²) in [7, 11) is 4.24. The molecule has 0 fully saturated rings. The van der Waals surface area contributed by atoms with Crippen LogP contribution < -0.4 is 12.4 Å². The molecular weight excluding hydrogens is 320 g/mol. The fourth-order valence-corrected chi connectivity index (χ4v) is 2.94. The Morgan fingerprint density at radius 3 is 2.42 bits per heavy atom. The van der Waals surface area contributed by atoms with E-state index >= 15 is 0 Å². The van der Waals surface area contributed by atoms with Gasteiger partial charge in [-0.05, 0) is 11.6 Å². The average Bonchev–Trinajstić information content (AvgIpc) is 2.97. The summed E-state index contributed by atoms with van der Waals surface area (Å²) in [5.41, 5.74) is 3.29. The van der Waals surface area contributed by atoms with Crippen molar-refractivity contribution in [1.82, 2.24) is 4.98 Å². The Morgan fingerprint density at radius 2 is 1.67 bits per heavy atom. The lowest BCUT2D eigenvalue weighted by molar-refractivity contribution is -0.881. The number of ketones is 1. The van der Waals surface area contributed by atoms with Gasteiger partial charge in [-0.2, -0.15) is 0 Å². The van der Waals surface area contributed by atoms with E-state index in [1.54, 1.807) is 0 Å². The van der Waals surface area contributed by atoms with Crippen LogP contribution >= 0.6 is 0 Å². The molecule has 126 valence electrons. The summed E-state index contributed by atoms with van der Waals surface area (Å²) < 4.78 is 0.688. The van der Waals surface area contributed by atoms with E-state index in [0.717, 1.165) is 18.5 Å². The predicted molar refractivity (Wildman–Crippen MR) is 94.6 cm³/mol. The first kappa shape index (κ1) is 18.2. The number of rotatable bonds is 6. The number of aromatic amines is 1. The van der Waals surface area contributed by atoms with Crippen molar-refractivity contribution in [2.75, 3.05) is 27.2 Å². The van der Waals surface area contributed by atoms with Crippen LogP contribution in [-0.2, 0) is 6.42 Å². The number of Topliss-reactive ketones (excluding diaryl/α,β-unsaturated/α-hetero) is 1. The number of carbonyl (C=O) groups excluding carboxylic acids is 1. The van der Waals surface area contributed by atoms with E-state index in [0.29, 0.717) is 11.0 Å². The molecule has 1 N–H and O–H groups in total. The standard InChI is InChI=1S/C20H23N2O.ClH/c1-22(2,15-20(23)16-8-4-3-5-9-16)13-12-17-14-21-19-11-7-6-10-18(17)19;/h3-11,14,21H,12-13,15H2,1-2H3;1H/q+1;/p-1. The number of halogens is 1. The summed E-state index contributed by atoms with van der Waals surface area (Å²) in [6.07, 6.45) is 3.04. The van der Waals surface area contributed by atoms with Gasteiger partial charge in [-0.25, -0.2) is 0 Å². The Bertz CT molecular complexity index is 809. The maximum absolute atomic E-state index is 12.4. The van der Waals surface area contributed by atoms with Gasteiger partial charge in [0.25, 0.3) is 0 Å². The third-order valence-electron chi connectivity index (χ3n) is 4.33. The lowest BCUT2D eigenvalue weighted by Gasteiger charge is -2.29. The van der Waals surface area contributed by atoms with E-state index in [1.165, 1.54) is 16.5 Å². The molecule has 0 aliphatic carbocycles. The van der Waals surface area contributed by atoms with E-state index in [2.05, 4.69) is 43.5 Å². The van der Waals surface area contributed by atoms with Gasteiger partial charge in [0.15, 0.2) is 0 Å². The number of H-pyrrole nitrogens is 1. The number of aromatic nitrogens is 1. The molecule has 0 unspecified atom stereocenters. The fraction of sp³-hybridized carbons (Fsp3) is 0.250. The van der Waals surface area contributed by atoms with Crippen molar-refractivity contribution in [3.8, 4) is 0 Å². The molecule has 3 nitrogen and oxygen atoms in total. The van der Waals surface area contributed by atoms with Crippen LogP contribution in [0, 0.1) is 0 Å². The predicted octanol–water partition coefficient (Wildman–Crippen LogP) is 0.674. The molecule has 24 heavy (non-hydrogen) atoms. The minimum atomic E-state index is 0. The highest BCUT2D eigenvalue weighted by Crippen LogP contribution is 2.19. The molecule has 0 spiro atoms. The molecule has 0 amide bonds. The number of hydrogen-bond donors (Lipinski definition) is 1. The number of nitrogens with one attached hydrogen (secondary N) is 1. The van der Waals surface area contributed by atoms with Gasteiger partial charge >= 0.3 is 0 Å². The van der Waals surface area contributed by atoms with Gasteiger partial charge in [0.05, 0.1) is 20.6 Å². The number of carbonyl (C=O) groups is 1. The van der Waals surface area contributed by atoms with E-state index in [4.69, 9.17) is 0 Å². The molecule has 0 saturated heterocycles. The Balaban J connectivity index is 0.00000208. The van der Waals surface area contributed by atoms with Gasteiger partial charge in [-0.15, -0.1) is 0 Å². The Morgan fingerprint density at radius 1 is 1.00 bits per heavy atom. The van der Waals surface area contributed by atoms with Crippen LogP contribution in [0.3, 0.4) is 0 Å². The minimum absolute atomic E-state index is 0. The van der Waals surface area contributed by atoms with Crippen LogP contribution in [0.5, 0.6) is 0 Å². The molecule has 0 saturated carbocycles. The lowest BCUT2D eigenvalue weighted by atomic mass is 10.1. The molecule has 0 aliphatic heterocycles. The second-order valence-corrected chi connectivity index (χ2v) is 6.72. The zero-order valence-corrected chi connectivity index (χ0v) is 14.9. The smallest absolute Gasteiger partial charge is 0.216 e. The molecule has 0 radical (unpaired) electrons. The summed E-state index contributed by atoms with van der Waals surface area (Å²) in [5, 5.41) is 1.28. The van der Waals surface area contributed by atoms with Crippen molar-refractivity contribution < 1.29 is 21.7 Å². The summed E-state index contributed by atoms with van der Waals surface area (Å²) in [6, 6.07) is 17.9. The van der Waals surface area contributed by atoms with E-state index in [9.17, 15) is 4.79 Å². The second kappa shape index (κ2) is 7.65. The molecule has 3 aromatic rings.